The van der Waals surface area contributed by atoms with Crippen LogP contribution in [-0.4, -0.2) is 44.6 Å². The summed E-state index contributed by atoms with van der Waals surface area (Å²) in [5.74, 6) is 1.47. The minimum Gasteiger partial charge on any atom is -0.306 e. The van der Waals surface area contributed by atoms with E-state index in [1.54, 1.807) is 0 Å². The van der Waals surface area contributed by atoms with Crippen molar-refractivity contribution in [3.63, 3.8) is 0 Å². The van der Waals surface area contributed by atoms with E-state index in [0.29, 0.717) is 5.92 Å². The van der Waals surface area contributed by atoms with Gasteiger partial charge in [-0.05, 0) is 86.8 Å². The predicted octanol–water partition coefficient (Wildman–Crippen LogP) is 9.24. The van der Waals surface area contributed by atoms with Gasteiger partial charge in [0, 0.05) is 29.5 Å². The van der Waals surface area contributed by atoms with E-state index in [0.717, 1.165) is 34.6 Å². The van der Waals surface area contributed by atoms with Crippen LogP contribution >= 0.6 is 0 Å². The van der Waals surface area contributed by atoms with Gasteiger partial charge in [-0.1, -0.05) is 89.8 Å². The van der Waals surface area contributed by atoms with Crippen molar-refractivity contribution in [1.82, 2.24) is 24.5 Å². The number of para-hydroxylation sites is 1. The summed E-state index contributed by atoms with van der Waals surface area (Å²) in [6.07, 6.45) is 27.1. The number of aromatic nitrogens is 4. The summed E-state index contributed by atoms with van der Waals surface area (Å²) in [5.41, 5.74) is 6.86. The SMILES string of the molecule is CCc1cccc2c(-c3cnn4cc(C5CCCCC(C)CCC5)cnc34)ccnc12.CN1CCCCCCCC1. The second-order valence-corrected chi connectivity index (χ2v) is 12.7. The van der Waals surface area contributed by atoms with Crippen LogP contribution in [0.1, 0.15) is 114 Å². The zero-order valence-corrected chi connectivity index (χ0v) is 25.8. The first-order valence-corrected chi connectivity index (χ1v) is 16.5. The quantitative estimate of drug-likeness (QED) is 0.254. The topological polar surface area (TPSA) is 46.3 Å². The van der Waals surface area contributed by atoms with Crippen LogP contribution in [0.4, 0.5) is 0 Å². The first-order chi connectivity index (χ1) is 20.1. The maximum atomic E-state index is 4.91. The van der Waals surface area contributed by atoms with Crippen molar-refractivity contribution >= 4 is 16.6 Å². The fraction of sp³-hybridized carbons (Fsp3) is 0.583. The number of fused-ring (bicyclic) bond motifs is 2. The van der Waals surface area contributed by atoms with Gasteiger partial charge in [0.25, 0.3) is 0 Å². The lowest BCUT2D eigenvalue weighted by molar-refractivity contribution is 0.327. The van der Waals surface area contributed by atoms with E-state index in [2.05, 4.69) is 67.4 Å². The van der Waals surface area contributed by atoms with Crippen LogP contribution < -0.4 is 0 Å². The molecule has 0 N–H and O–H groups in total. The normalized spacial score (nSPS) is 21.5. The standard InChI is InChI=1S/C27H32N4.C9H19N/c1-3-20-11-7-13-24-23(14-15-28-26(20)24)25-17-30-31-18-22(16-29-27(25)31)21-10-5-4-8-19(2)9-6-12-21;1-10-8-6-4-2-3-5-7-9-10/h7,11,13-19,21H,3-6,8-10,12H2,1-2H3;2-9H2,1H3. The highest BCUT2D eigenvalue weighted by atomic mass is 15.2. The molecular formula is C36H51N5. The third-order valence-corrected chi connectivity index (χ3v) is 9.45. The lowest BCUT2D eigenvalue weighted by atomic mass is 9.91. The zero-order chi connectivity index (χ0) is 28.4. The molecule has 1 aromatic carbocycles. The molecule has 5 heteroatoms. The maximum Gasteiger partial charge on any atom is 0.162 e. The first kappa shape index (κ1) is 29.7. The molecular weight excluding hydrogens is 502 g/mol. The highest BCUT2D eigenvalue weighted by Crippen LogP contribution is 2.34. The number of benzene rings is 1. The molecule has 1 saturated carbocycles. The Hall–Kier alpha value is -2.79. The molecule has 5 nitrogen and oxygen atoms in total. The van der Waals surface area contributed by atoms with Crippen LogP contribution in [0.3, 0.4) is 0 Å². The number of rotatable bonds is 3. The minimum atomic E-state index is 0.601. The Bertz CT molecular complexity index is 1370. The molecule has 2 aliphatic rings. The van der Waals surface area contributed by atoms with Gasteiger partial charge in [0.15, 0.2) is 5.65 Å². The van der Waals surface area contributed by atoms with Crippen molar-refractivity contribution in [2.45, 2.75) is 110 Å². The summed E-state index contributed by atoms with van der Waals surface area (Å²) in [6, 6.07) is 8.54. The molecule has 0 bridgehead atoms. The van der Waals surface area contributed by atoms with E-state index in [4.69, 9.17) is 10.1 Å². The average molecular weight is 554 g/mol. The average Bonchev–Trinajstić information content (AvgIpc) is 3.49. The molecule has 41 heavy (non-hydrogen) atoms. The first-order valence-electron chi connectivity index (χ1n) is 16.5. The van der Waals surface area contributed by atoms with Crippen LogP contribution in [0.25, 0.3) is 27.7 Å². The lowest BCUT2D eigenvalue weighted by Gasteiger charge is -2.16. The lowest BCUT2D eigenvalue weighted by Crippen LogP contribution is -2.20. The van der Waals surface area contributed by atoms with Gasteiger partial charge < -0.3 is 4.90 Å². The van der Waals surface area contributed by atoms with Gasteiger partial charge in [-0.15, -0.1) is 0 Å². The van der Waals surface area contributed by atoms with Crippen LogP contribution in [0.5, 0.6) is 0 Å². The molecule has 1 aliphatic carbocycles. The van der Waals surface area contributed by atoms with Gasteiger partial charge >= 0.3 is 0 Å². The minimum absolute atomic E-state index is 0.601. The van der Waals surface area contributed by atoms with Crippen molar-refractivity contribution in [1.29, 1.82) is 0 Å². The largest absolute Gasteiger partial charge is 0.306 e. The van der Waals surface area contributed by atoms with E-state index >= 15 is 0 Å². The van der Waals surface area contributed by atoms with E-state index in [1.807, 2.05) is 16.9 Å². The van der Waals surface area contributed by atoms with E-state index < -0.39 is 0 Å². The molecule has 1 saturated heterocycles. The fourth-order valence-corrected chi connectivity index (χ4v) is 6.85. The van der Waals surface area contributed by atoms with E-state index in [-0.39, 0.29) is 0 Å². The molecule has 6 rings (SSSR count). The fourth-order valence-electron chi connectivity index (χ4n) is 6.85. The summed E-state index contributed by atoms with van der Waals surface area (Å²) in [7, 11) is 2.24. The van der Waals surface area contributed by atoms with Crippen molar-refractivity contribution in [3.8, 4) is 11.1 Å². The van der Waals surface area contributed by atoms with Crippen molar-refractivity contribution in [2.24, 2.45) is 5.92 Å². The Morgan fingerprint density at radius 1 is 0.780 bits per heavy atom. The van der Waals surface area contributed by atoms with Crippen LogP contribution in [0, 0.1) is 5.92 Å². The van der Waals surface area contributed by atoms with Crippen molar-refractivity contribution in [2.75, 3.05) is 20.1 Å². The van der Waals surface area contributed by atoms with Crippen LogP contribution in [0.15, 0.2) is 49.1 Å². The maximum absolute atomic E-state index is 4.91. The van der Waals surface area contributed by atoms with Crippen molar-refractivity contribution < 1.29 is 0 Å². The highest BCUT2D eigenvalue weighted by Gasteiger charge is 2.18. The Kier molecular flexibility index (Phi) is 10.8. The summed E-state index contributed by atoms with van der Waals surface area (Å²) < 4.78 is 1.98. The predicted molar refractivity (Wildman–Crippen MR) is 173 cm³/mol. The molecule has 220 valence electrons. The van der Waals surface area contributed by atoms with Gasteiger partial charge in [-0.25, -0.2) is 9.50 Å². The molecule has 4 heterocycles. The van der Waals surface area contributed by atoms with Gasteiger partial charge in [0.1, 0.15) is 0 Å². The van der Waals surface area contributed by atoms with Crippen molar-refractivity contribution in [3.05, 3.63) is 60.2 Å². The zero-order valence-electron chi connectivity index (χ0n) is 25.8. The molecule has 0 spiro atoms. The van der Waals surface area contributed by atoms with Crippen LogP contribution in [-0.2, 0) is 6.42 Å². The summed E-state index contributed by atoms with van der Waals surface area (Å²) in [6.45, 7) is 7.23. The molecule has 0 amide bonds. The number of nitrogens with zero attached hydrogens (tertiary/aromatic N) is 5. The molecule has 0 radical (unpaired) electrons. The number of pyridine rings is 1. The van der Waals surface area contributed by atoms with E-state index in [1.165, 1.54) is 113 Å². The summed E-state index contributed by atoms with van der Waals surface area (Å²) in [4.78, 5) is 12.0. The molecule has 2 atom stereocenters. The molecule has 4 aromatic rings. The molecule has 3 aromatic heterocycles. The highest BCUT2D eigenvalue weighted by molar-refractivity contribution is 5.98. The number of hydrogen-bond acceptors (Lipinski definition) is 4. The van der Waals surface area contributed by atoms with Gasteiger partial charge in [-0.2, -0.15) is 5.10 Å². The molecule has 1 aliphatic heterocycles. The summed E-state index contributed by atoms with van der Waals surface area (Å²) >= 11 is 0. The van der Waals surface area contributed by atoms with Gasteiger partial charge in [0.05, 0.1) is 11.7 Å². The molecule has 2 fully saturated rings. The summed E-state index contributed by atoms with van der Waals surface area (Å²) in [5, 5.41) is 5.88. The van der Waals surface area contributed by atoms with E-state index in [9.17, 15) is 0 Å². The monoisotopic (exact) mass is 553 g/mol. The van der Waals surface area contributed by atoms with Gasteiger partial charge in [0.2, 0.25) is 0 Å². The number of aryl methyl sites for hydroxylation is 1. The smallest absolute Gasteiger partial charge is 0.162 e. The third-order valence-electron chi connectivity index (χ3n) is 9.45. The Balaban J connectivity index is 0.000000287. The second-order valence-electron chi connectivity index (χ2n) is 12.7. The Labute approximate surface area is 247 Å². The van der Waals surface area contributed by atoms with Gasteiger partial charge in [-0.3, -0.25) is 4.98 Å². The second kappa shape index (κ2) is 14.9. The number of hydrogen-bond donors (Lipinski definition) is 0. The Morgan fingerprint density at radius 3 is 2.32 bits per heavy atom. The molecule has 2 unspecified atom stereocenters. The van der Waals surface area contributed by atoms with Crippen LogP contribution in [0.2, 0.25) is 0 Å². The Morgan fingerprint density at radius 2 is 1.51 bits per heavy atom. The third kappa shape index (κ3) is 7.74.